The molecule has 1 aromatic carbocycles. The zero-order valence-electron chi connectivity index (χ0n) is 21.7. The predicted molar refractivity (Wildman–Crippen MR) is 142 cm³/mol. The number of nitrogens with zero attached hydrogens (tertiary/aromatic N) is 3. The Morgan fingerprint density at radius 1 is 1.11 bits per heavy atom. The lowest BCUT2D eigenvalue weighted by atomic mass is 10.1. The molecule has 1 atom stereocenters. The molecule has 0 bridgehead atoms. The van der Waals surface area contributed by atoms with Crippen LogP contribution in [0.25, 0.3) is 16.1 Å². The van der Waals surface area contributed by atoms with Crippen LogP contribution in [0.2, 0.25) is 0 Å². The van der Waals surface area contributed by atoms with Gasteiger partial charge in [-0.15, -0.1) is 16.4 Å². The number of methoxy groups -OCH3 is 3. The molecule has 9 heteroatoms. The molecule has 1 saturated heterocycles. The Morgan fingerprint density at radius 2 is 1.89 bits per heavy atom. The Labute approximate surface area is 217 Å². The van der Waals surface area contributed by atoms with Gasteiger partial charge in [-0.1, -0.05) is 12.8 Å². The fraction of sp³-hybridized carbons (Fsp3) is 0.593. The molecule has 3 aromatic rings. The molecule has 1 unspecified atom stereocenters. The second-order valence-corrected chi connectivity index (χ2v) is 10.4. The van der Waals surface area contributed by atoms with Crippen molar-refractivity contribution in [3.63, 3.8) is 0 Å². The lowest BCUT2D eigenvalue weighted by Crippen LogP contribution is -2.42. The van der Waals surface area contributed by atoms with E-state index >= 15 is 0 Å². The first kappa shape index (κ1) is 25.2. The van der Waals surface area contributed by atoms with E-state index in [9.17, 15) is 0 Å². The summed E-state index contributed by atoms with van der Waals surface area (Å²) in [6.45, 7) is 5.71. The topological polar surface area (TPSA) is 66.7 Å². The van der Waals surface area contributed by atoms with Gasteiger partial charge in [0.1, 0.15) is 22.0 Å². The lowest BCUT2D eigenvalue weighted by molar-refractivity contribution is 0.0790. The van der Waals surface area contributed by atoms with Gasteiger partial charge in [-0.25, -0.2) is 4.52 Å². The maximum absolute atomic E-state index is 5.89. The summed E-state index contributed by atoms with van der Waals surface area (Å²) >= 11 is 1.67. The van der Waals surface area contributed by atoms with Crippen LogP contribution < -0.4 is 19.1 Å². The number of hydrogen-bond acceptors (Lipinski definition) is 8. The Hall–Kier alpha value is -2.49. The van der Waals surface area contributed by atoms with Crippen molar-refractivity contribution < 1.29 is 23.7 Å². The number of ether oxygens (including phenoxy) is 5. The van der Waals surface area contributed by atoms with Crippen molar-refractivity contribution in [3.05, 3.63) is 23.1 Å². The van der Waals surface area contributed by atoms with Gasteiger partial charge < -0.3 is 28.6 Å². The summed E-state index contributed by atoms with van der Waals surface area (Å²) in [4.78, 5) is 3.56. The molecule has 2 fully saturated rings. The third-order valence-electron chi connectivity index (χ3n) is 7.13. The Balaban J connectivity index is 1.59. The number of fused-ring (bicyclic) bond motifs is 1. The molecule has 2 aromatic heterocycles. The number of aromatic nitrogens is 2. The fourth-order valence-electron chi connectivity index (χ4n) is 5.05. The molecule has 2 aliphatic rings. The van der Waals surface area contributed by atoms with Crippen LogP contribution in [0, 0.1) is 5.92 Å². The summed E-state index contributed by atoms with van der Waals surface area (Å²) in [5.74, 6) is 2.95. The van der Waals surface area contributed by atoms with Gasteiger partial charge in [-0.05, 0) is 49.8 Å². The fourth-order valence-corrected chi connectivity index (χ4v) is 6.05. The molecule has 196 valence electrons. The SMILES string of the molecule is CCOCc1cc(OC)c(-c2csc3c(N(CCC4CC4)C4CCCOC4)c(OC)nn23)c(OC)c1. The van der Waals surface area contributed by atoms with Gasteiger partial charge in [0.05, 0.1) is 51.8 Å². The summed E-state index contributed by atoms with van der Waals surface area (Å²) in [5.41, 5.74) is 3.85. The molecule has 0 radical (unpaired) electrons. The molecular weight excluding hydrogens is 478 g/mol. The Kier molecular flexibility index (Phi) is 7.88. The maximum Gasteiger partial charge on any atom is 0.258 e. The summed E-state index contributed by atoms with van der Waals surface area (Å²) in [5, 5.41) is 7.06. The normalized spacial score (nSPS) is 17.9. The highest BCUT2D eigenvalue weighted by Crippen LogP contribution is 2.46. The summed E-state index contributed by atoms with van der Waals surface area (Å²) in [7, 11) is 5.07. The van der Waals surface area contributed by atoms with Gasteiger partial charge in [0.25, 0.3) is 5.88 Å². The lowest BCUT2D eigenvalue weighted by Gasteiger charge is -2.35. The van der Waals surface area contributed by atoms with Crippen LogP contribution in [0.4, 0.5) is 5.69 Å². The molecule has 0 N–H and O–H groups in total. The van der Waals surface area contributed by atoms with Crippen molar-refractivity contribution in [2.75, 3.05) is 52.6 Å². The van der Waals surface area contributed by atoms with E-state index in [4.69, 9.17) is 28.8 Å². The minimum Gasteiger partial charge on any atom is -0.496 e. The third kappa shape index (κ3) is 5.01. The van der Waals surface area contributed by atoms with Gasteiger partial charge in [0.2, 0.25) is 0 Å². The van der Waals surface area contributed by atoms with E-state index in [1.807, 2.05) is 23.6 Å². The predicted octanol–water partition coefficient (Wildman–Crippen LogP) is 5.41. The smallest absolute Gasteiger partial charge is 0.258 e. The molecule has 1 saturated carbocycles. The van der Waals surface area contributed by atoms with Crippen LogP contribution in [-0.4, -0.2) is 63.4 Å². The molecule has 8 nitrogen and oxygen atoms in total. The van der Waals surface area contributed by atoms with Crippen molar-refractivity contribution >= 4 is 21.9 Å². The van der Waals surface area contributed by atoms with Crippen LogP contribution in [0.15, 0.2) is 17.5 Å². The van der Waals surface area contributed by atoms with Crippen LogP contribution >= 0.6 is 11.3 Å². The van der Waals surface area contributed by atoms with E-state index in [1.165, 1.54) is 19.3 Å². The van der Waals surface area contributed by atoms with E-state index < -0.39 is 0 Å². The number of anilines is 1. The van der Waals surface area contributed by atoms with Crippen molar-refractivity contribution in [1.82, 2.24) is 9.61 Å². The third-order valence-corrected chi connectivity index (χ3v) is 8.06. The van der Waals surface area contributed by atoms with Crippen molar-refractivity contribution in [2.24, 2.45) is 5.92 Å². The van der Waals surface area contributed by atoms with Crippen molar-refractivity contribution in [1.29, 1.82) is 0 Å². The zero-order chi connectivity index (χ0) is 25.1. The molecule has 5 rings (SSSR count). The van der Waals surface area contributed by atoms with Crippen molar-refractivity contribution in [2.45, 2.75) is 51.7 Å². The maximum atomic E-state index is 5.89. The van der Waals surface area contributed by atoms with Gasteiger partial charge in [-0.3, -0.25) is 0 Å². The van der Waals surface area contributed by atoms with Gasteiger partial charge in [0, 0.05) is 25.1 Å². The average Bonchev–Trinajstić information content (AvgIpc) is 3.56. The van der Waals surface area contributed by atoms with E-state index in [1.54, 1.807) is 32.7 Å². The number of benzene rings is 1. The summed E-state index contributed by atoms with van der Waals surface area (Å²) < 4.78 is 31.0. The van der Waals surface area contributed by atoms with Gasteiger partial charge >= 0.3 is 0 Å². The minimum atomic E-state index is 0.326. The Bertz CT molecular complexity index is 1140. The van der Waals surface area contributed by atoms with Crippen LogP contribution in [0.3, 0.4) is 0 Å². The number of thiazole rings is 1. The first-order valence-corrected chi connectivity index (χ1v) is 13.8. The average molecular weight is 516 g/mol. The highest BCUT2D eigenvalue weighted by Gasteiger charge is 2.32. The second kappa shape index (κ2) is 11.3. The number of hydrogen-bond donors (Lipinski definition) is 0. The molecule has 1 aliphatic carbocycles. The van der Waals surface area contributed by atoms with Crippen LogP contribution in [0.1, 0.15) is 44.6 Å². The highest BCUT2D eigenvalue weighted by molar-refractivity contribution is 7.16. The standard InChI is InChI=1S/C27H37N3O5S/c1-5-34-15-19-13-22(31-2)24(23(14-19)32-3)21-17-36-27-25(26(33-4)28-30(21)27)29(11-10-18-8-9-18)20-7-6-12-35-16-20/h13-14,17-18,20H,5-12,15-16H2,1-4H3. The van der Waals surface area contributed by atoms with E-state index in [0.29, 0.717) is 25.1 Å². The molecule has 3 heterocycles. The molecule has 36 heavy (non-hydrogen) atoms. The summed E-state index contributed by atoms with van der Waals surface area (Å²) in [6, 6.07) is 4.35. The first-order valence-electron chi connectivity index (χ1n) is 12.9. The largest absolute Gasteiger partial charge is 0.496 e. The molecule has 0 amide bonds. The molecule has 0 spiro atoms. The van der Waals surface area contributed by atoms with Crippen LogP contribution in [-0.2, 0) is 16.1 Å². The molecule has 1 aliphatic heterocycles. The Morgan fingerprint density at radius 3 is 2.50 bits per heavy atom. The van der Waals surface area contributed by atoms with E-state index in [2.05, 4.69) is 10.3 Å². The summed E-state index contributed by atoms with van der Waals surface area (Å²) in [6.07, 6.45) is 6.08. The quantitative estimate of drug-likeness (QED) is 0.319. The minimum absolute atomic E-state index is 0.326. The highest BCUT2D eigenvalue weighted by atomic mass is 32.1. The second-order valence-electron chi connectivity index (χ2n) is 9.50. The van der Waals surface area contributed by atoms with Gasteiger partial charge in [-0.2, -0.15) is 0 Å². The zero-order valence-corrected chi connectivity index (χ0v) is 22.6. The van der Waals surface area contributed by atoms with Crippen LogP contribution in [0.5, 0.6) is 17.4 Å². The monoisotopic (exact) mass is 515 g/mol. The van der Waals surface area contributed by atoms with E-state index in [0.717, 1.165) is 77.4 Å². The van der Waals surface area contributed by atoms with Gasteiger partial charge in [0.15, 0.2) is 0 Å². The molecular formula is C27H37N3O5S. The van der Waals surface area contributed by atoms with E-state index in [-0.39, 0.29) is 0 Å². The number of rotatable bonds is 12. The first-order chi connectivity index (χ1) is 17.7. The van der Waals surface area contributed by atoms with Crippen molar-refractivity contribution in [3.8, 4) is 28.6 Å².